The van der Waals surface area contributed by atoms with Gasteiger partial charge < -0.3 is 10.1 Å². The van der Waals surface area contributed by atoms with Crippen LogP contribution >= 0.6 is 11.8 Å². The normalized spacial score (nSPS) is 26.1. The van der Waals surface area contributed by atoms with Gasteiger partial charge in [0.25, 0.3) is 0 Å². The number of aromatic nitrogens is 3. The molecule has 2 aliphatic rings. The molecular weight excluding hydrogens is 224 g/mol. The molecule has 0 aliphatic carbocycles. The minimum Gasteiger partial charge on any atom is -0.369 e. The van der Waals surface area contributed by atoms with E-state index in [9.17, 15) is 0 Å². The Balaban J connectivity index is 1.79. The molecule has 5 nitrogen and oxygen atoms in total. The van der Waals surface area contributed by atoms with Crippen molar-refractivity contribution in [3.8, 4) is 0 Å². The third-order valence-electron chi connectivity index (χ3n) is 2.91. The van der Waals surface area contributed by atoms with E-state index >= 15 is 0 Å². The molecule has 0 amide bonds. The molecule has 2 aliphatic heterocycles. The second-order valence-corrected chi connectivity index (χ2v) is 5.17. The fourth-order valence-corrected chi connectivity index (χ4v) is 2.89. The van der Waals surface area contributed by atoms with Gasteiger partial charge >= 0.3 is 0 Å². The van der Waals surface area contributed by atoms with Crippen molar-refractivity contribution in [2.24, 2.45) is 0 Å². The van der Waals surface area contributed by atoms with Crippen molar-refractivity contribution < 1.29 is 4.74 Å². The topological polar surface area (TPSA) is 52.0 Å². The van der Waals surface area contributed by atoms with Gasteiger partial charge in [-0.3, -0.25) is 0 Å². The first-order valence-electron chi connectivity index (χ1n) is 5.77. The van der Waals surface area contributed by atoms with Crippen LogP contribution in [0.1, 0.15) is 24.2 Å². The first-order chi connectivity index (χ1) is 7.93. The number of nitrogens with zero attached hydrogens (tertiary/aromatic N) is 3. The number of hydrogen-bond acceptors (Lipinski definition) is 5. The summed E-state index contributed by atoms with van der Waals surface area (Å²) in [5.41, 5.74) is 0. The van der Waals surface area contributed by atoms with Gasteiger partial charge in [-0.2, -0.15) is 16.9 Å². The van der Waals surface area contributed by atoms with Gasteiger partial charge in [0.05, 0.1) is 18.9 Å². The van der Waals surface area contributed by atoms with Gasteiger partial charge in [0.2, 0.25) is 0 Å². The van der Waals surface area contributed by atoms with E-state index in [1.807, 2.05) is 16.4 Å². The third-order valence-corrected chi connectivity index (χ3v) is 3.85. The SMILES string of the molecule is C1COC(c2nc3n(n2)CCSC3)CCN1. The lowest BCUT2D eigenvalue weighted by atomic mass is 10.2. The maximum absolute atomic E-state index is 5.76. The zero-order valence-corrected chi connectivity index (χ0v) is 10.0. The predicted molar refractivity (Wildman–Crippen MR) is 62.4 cm³/mol. The average molecular weight is 240 g/mol. The summed E-state index contributed by atoms with van der Waals surface area (Å²) in [7, 11) is 0. The first kappa shape index (κ1) is 10.6. The lowest BCUT2D eigenvalue weighted by molar-refractivity contribution is 0.0579. The van der Waals surface area contributed by atoms with Crippen molar-refractivity contribution in [1.29, 1.82) is 0 Å². The van der Waals surface area contributed by atoms with Crippen LogP contribution in [-0.4, -0.2) is 40.2 Å². The molecule has 1 atom stereocenters. The Morgan fingerprint density at radius 1 is 1.44 bits per heavy atom. The highest BCUT2D eigenvalue weighted by molar-refractivity contribution is 7.98. The van der Waals surface area contributed by atoms with Crippen LogP contribution in [0.15, 0.2) is 0 Å². The van der Waals surface area contributed by atoms with E-state index in [1.54, 1.807) is 0 Å². The molecule has 0 radical (unpaired) electrons. The molecule has 1 unspecified atom stereocenters. The molecule has 1 N–H and O–H groups in total. The van der Waals surface area contributed by atoms with E-state index in [0.29, 0.717) is 0 Å². The maximum Gasteiger partial charge on any atom is 0.179 e. The minimum absolute atomic E-state index is 0.0816. The molecular formula is C10H16N4OS. The van der Waals surface area contributed by atoms with Crippen molar-refractivity contribution in [2.45, 2.75) is 24.8 Å². The smallest absolute Gasteiger partial charge is 0.179 e. The van der Waals surface area contributed by atoms with E-state index in [1.165, 1.54) is 0 Å². The number of thioether (sulfide) groups is 1. The van der Waals surface area contributed by atoms with Gasteiger partial charge in [-0.15, -0.1) is 0 Å². The summed E-state index contributed by atoms with van der Waals surface area (Å²) in [6.45, 7) is 3.66. The summed E-state index contributed by atoms with van der Waals surface area (Å²) in [4.78, 5) is 4.59. The number of ether oxygens (including phenoxy) is 1. The first-order valence-corrected chi connectivity index (χ1v) is 6.92. The molecule has 88 valence electrons. The van der Waals surface area contributed by atoms with Crippen LogP contribution in [0.4, 0.5) is 0 Å². The third kappa shape index (κ3) is 2.09. The summed E-state index contributed by atoms with van der Waals surface area (Å²) in [6.07, 6.45) is 1.05. The van der Waals surface area contributed by atoms with E-state index < -0.39 is 0 Å². The van der Waals surface area contributed by atoms with E-state index in [-0.39, 0.29) is 6.10 Å². The molecule has 0 spiro atoms. The second-order valence-electron chi connectivity index (χ2n) is 4.06. The fourth-order valence-electron chi connectivity index (χ4n) is 2.05. The zero-order chi connectivity index (χ0) is 10.8. The Hall–Kier alpha value is -0.590. The Kier molecular flexibility index (Phi) is 3.12. The summed E-state index contributed by atoms with van der Waals surface area (Å²) < 4.78 is 7.79. The van der Waals surface area contributed by atoms with Gasteiger partial charge in [0, 0.05) is 12.3 Å². The monoisotopic (exact) mass is 240 g/mol. The number of nitrogens with one attached hydrogen (secondary N) is 1. The largest absolute Gasteiger partial charge is 0.369 e. The molecule has 1 aromatic rings. The van der Waals surface area contributed by atoms with Crippen LogP contribution in [0.25, 0.3) is 0 Å². The van der Waals surface area contributed by atoms with Crippen molar-refractivity contribution in [1.82, 2.24) is 20.1 Å². The van der Waals surface area contributed by atoms with E-state index in [0.717, 1.165) is 55.8 Å². The quantitative estimate of drug-likeness (QED) is 0.778. The number of rotatable bonds is 1. The summed E-state index contributed by atoms with van der Waals surface area (Å²) >= 11 is 1.93. The minimum atomic E-state index is 0.0816. The molecule has 16 heavy (non-hydrogen) atoms. The Morgan fingerprint density at radius 3 is 3.38 bits per heavy atom. The van der Waals surface area contributed by atoms with Gasteiger partial charge in [-0.05, 0) is 13.0 Å². The van der Waals surface area contributed by atoms with Crippen LogP contribution in [0.5, 0.6) is 0 Å². The number of hydrogen-bond donors (Lipinski definition) is 1. The molecule has 0 aromatic carbocycles. The van der Waals surface area contributed by atoms with Gasteiger partial charge in [0.15, 0.2) is 5.82 Å². The molecule has 3 heterocycles. The van der Waals surface area contributed by atoms with Gasteiger partial charge in [0.1, 0.15) is 11.9 Å². The van der Waals surface area contributed by atoms with Crippen LogP contribution in [0.3, 0.4) is 0 Å². The molecule has 0 bridgehead atoms. The molecule has 3 rings (SSSR count). The van der Waals surface area contributed by atoms with Crippen molar-refractivity contribution in [3.63, 3.8) is 0 Å². The van der Waals surface area contributed by atoms with Gasteiger partial charge in [-0.1, -0.05) is 0 Å². The van der Waals surface area contributed by atoms with E-state index in [2.05, 4.69) is 15.4 Å². The van der Waals surface area contributed by atoms with Crippen LogP contribution in [-0.2, 0) is 17.0 Å². The summed E-state index contributed by atoms with van der Waals surface area (Å²) in [6, 6.07) is 0. The standard InChI is InChI=1S/C10H16N4OS/c1-2-11-3-5-15-8(1)10-12-9-7-16-6-4-14(9)13-10/h8,11H,1-7H2. The van der Waals surface area contributed by atoms with Crippen molar-refractivity contribution in [3.05, 3.63) is 11.6 Å². The van der Waals surface area contributed by atoms with Crippen molar-refractivity contribution >= 4 is 11.8 Å². The maximum atomic E-state index is 5.76. The van der Waals surface area contributed by atoms with Gasteiger partial charge in [-0.25, -0.2) is 9.67 Å². The lowest BCUT2D eigenvalue weighted by Gasteiger charge is -2.10. The summed E-state index contributed by atoms with van der Waals surface area (Å²) in [5.74, 6) is 4.11. The highest BCUT2D eigenvalue weighted by atomic mass is 32.2. The number of aryl methyl sites for hydroxylation is 1. The highest BCUT2D eigenvalue weighted by Crippen LogP contribution is 2.23. The summed E-state index contributed by atoms with van der Waals surface area (Å²) in [5, 5.41) is 7.87. The van der Waals surface area contributed by atoms with Crippen LogP contribution in [0, 0.1) is 0 Å². The Labute approximate surface area is 99.0 Å². The molecule has 1 saturated heterocycles. The number of fused-ring (bicyclic) bond motifs is 1. The van der Waals surface area contributed by atoms with Crippen LogP contribution in [0.2, 0.25) is 0 Å². The fraction of sp³-hybridized carbons (Fsp3) is 0.800. The molecule has 1 aromatic heterocycles. The van der Waals surface area contributed by atoms with Crippen LogP contribution < -0.4 is 5.32 Å². The van der Waals surface area contributed by atoms with Crippen molar-refractivity contribution in [2.75, 3.05) is 25.4 Å². The highest BCUT2D eigenvalue weighted by Gasteiger charge is 2.22. The Bertz CT molecular complexity index is 336. The predicted octanol–water partition coefficient (Wildman–Crippen LogP) is 0.576. The molecule has 0 saturated carbocycles. The average Bonchev–Trinajstić information content (AvgIpc) is 2.56. The Morgan fingerprint density at radius 2 is 2.44 bits per heavy atom. The molecule has 1 fully saturated rings. The lowest BCUT2D eigenvalue weighted by Crippen LogP contribution is -2.16. The zero-order valence-electron chi connectivity index (χ0n) is 9.19. The van der Waals surface area contributed by atoms with E-state index in [4.69, 9.17) is 4.74 Å². The molecule has 6 heteroatoms. The second kappa shape index (κ2) is 4.73.